The van der Waals surface area contributed by atoms with E-state index < -0.39 is 0 Å². The minimum absolute atomic E-state index is 0.00741. The van der Waals surface area contributed by atoms with Crippen LogP contribution in [0.15, 0.2) is 61.2 Å². The Hall–Kier alpha value is -2.92. The maximum Gasteiger partial charge on any atom is 0.255 e. The number of hydrogen-bond acceptors (Lipinski definition) is 3. The second-order valence-electron chi connectivity index (χ2n) is 7.82. The first-order valence-corrected chi connectivity index (χ1v) is 10.3. The van der Waals surface area contributed by atoms with E-state index in [1.54, 1.807) is 0 Å². The van der Waals surface area contributed by atoms with Gasteiger partial charge in [0.2, 0.25) is 5.91 Å². The van der Waals surface area contributed by atoms with Gasteiger partial charge in [0.25, 0.3) is 5.91 Å². The van der Waals surface area contributed by atoms with Gasteiger partial charge in [-0.25, -0.2) is 0 Å². The minimum atomic E-state index is -0.0387. The van der Waals surface area contributed by atoms with Crippen molar-refractivity contribution in [2.75, 3.05) is 31.5 Å². The number of carbonyl (C=O) groups excluding carboxylic acids is 2. The van der Waals surface area contributed by atoms with Crippen molar-refractivity contribution in [1.29, 1.82) is 0 Å². The Labute approximate surface area is 172 Å². The third-order valence-electron chi connectivity index (χ3n) is 5.70. The van der Waals surface area contributed by atoms with Crippen molar-refractivity contribution in [2.24, 2.45) is 0 Å². The lowest BCUT2D eigenvalue weighted by molar-refractivity contribution is -0.127. The van der Waals surface area contributed by atoms with E-state index in [1.165, 1.54) is 24.5 Å². The second kappa shape index (κ2) is 8.62. The molecule has 1 saturated heterocycles. The van der Waals surface area contributed by atoms with Gasteiger partial charge in [-0.2, -0.15) is 0 Å². The van der Waals surface area contributed by atoms with Crippen molar-refractivity contribution in [2.45, 2.75) is 25.3 Å². The molecule has 1 saturated carbocycles. The zero-order chi connectivity index (χ0) is 20.2. The van der Waals surface area contributed by atoms with Crippen LogP contribution in [0.25, 0.3) is 0 Å². The van der Waals surface area contributed by atoms with Gasteiger partial charge in [-0.3, -0.25) is 14.5 Å². The number of benzene rings is 2. The number of anilines is 1. The van der Waals surface area contributed by atoms with Gasteiger partial charge >= 0.3 is 0 Å². The highest BCUT2D eigenvalue weighted by atomic mass is 16.2. The summed E-state index contributed by atoms with van der Waals surface area (Å²) in [6.07, 6.45) is 3.73. The van der Waals surface area contributed by atoms with Crippen LogP contribution in [0.3, 0.4) is 0 Å². The van der Waals surface area contributed by atoms with Gasteiger partial charge in [0.05, 0.1) is 0 Å². The Morgan fingerprint density at radius 1 is 1.00 bits per heavy atom. The molecule has 1 aliphatic heterocycles. The molecule has 0 radical (unpaired) electrons. The SMILES string of the molecule is C=CC(=O)N1CCN(Cc2ccc(NC(=O)c3ccccc3C3CC3)cc2)CC1. The molecular weight excluding hydrogens is 362 g/mol. The summed E-state index contributed by atoms with van der Waals surface area (Å²) in [5.74, 6) is 0.512. The number of piperazine rings is 1. The molecule has 2 fully saturated rings. The first kappa shape index (κ1) is 19.4. The van der Waals surface area contributed by atoms with E-state index in [-0.39, 0.29) is 11.8 Å². The lowest BCUT2D eigenvalue weighted by Gasteiger charge is -2.34. The van der Waals surface area contributed by atoms with E-state index in [4.69, 9.17) is 0 Å². The number of nitrogens with one attached hydrogen (secondary N) is 1. The highest BCUT2D eigenvalue weighted by Crippen LogP contribution is 2.41. The number of hydrogen-bond donors (Lipinski definition) is 1. The summed E-state index contributed by atoms with van der Waals surface area (Å²) in [6.45, 7) is 7.58. The van der Waals surface area contributed by atoms with Crippen LogP contribution in [-0.2, 0) is 11.3 Å². The lowest BCUT2D eigenvalue weighted by atomic mass is 10.0. The zero-order valence-corrected chi connectivity index (χ0v) is 16.6. The molecule has 0 bridgehead atoms. The Morgan fingerprint density at radius 2 is 1.69 bits per heavy atom. The molecule has 1 N–H and O–H groups in total. The molecule has 2 amide bonds. The summed E-state index contributed by atoms with van der Waals surface area (Å²) in [7, 11) is 0. The van der Waals surface area contributed by atoms with E-state index in [0.29, 0.717) is 5.92 Å². The molecule has 2 aromatic carbocycles. The third-order valence-corrected chi connectivity index (χ3v) is 5.70. The van der Waals surface area contributed by atoms with Crippen molar-refractivity contribution in [3.63, 3.8) is 0 Å². The number of rotatable bonds is 6. The minimum Gasteiger partial charge on any atom is -0.337 e. The summed E-state index contributed by atoms with van der Waals surface area (Å²) >= 11 is 0. The first-order chi connectivity index (χ1) is 14.1. The fourth-order valence-corrected chi connectivity index (χ4v) is 3.86. The van der Waals surface area contributed by atoms with Gasteiger partial charge in [-0.15, -0.1) is 0 Å². The number of amides is 2. The Balaban J connectivity index is 1.32. The molecule has 1 aliphatic carbocycles. The summed E-state index contributed by atoms with van der Waals surface area (Å²) in [6, 6.07) is 16.0. The van der Waals surface area contributed by atoms with Gasteiger partial charge in [-0.1, -0.05) is 36.9 Å². The molecule has 0 unspecified atom stereocenters. The molecule has 150 valence electrons. The monoisotopic (exact) mass is 389 g/mol. The standard InChI is InChI=1S/C24H27N3O2/c1-2-23(28)27-15-13-26(14-16-27)17-18-7-11-20(12-8-18)25-24(29)22-6-4-3-5-21(22)19-9-10-19/h2-8,11-12,19H,1,9-10,13-17H2,(H,25,29). The van der Waals surface area contributed by atoms with Crippen LogP contribution in [-0.4, -0.2) is 47.8 Å². The topological polar surface area (TPSA) is 52.7 Å². The van der Waals surface area contributed by atoms with Crippen molar-refractivity contribution >= 4 is 17.5 Å². The number of nitrogens with zero attached hydrogens (tertiary/aromatic N) is 2. The van der Waals surface area contributed by atoms with Crippen molar-refractivity contribution < 1.29 is 9.59 Å². The molecule has 1 heterocycles. The highest BCUT2D eigenvalue weighted by Gasteiger charge is 2.27. The molecule has 29 heavy (non-hydrogen) atoms. The van der Waals surface area contributed by atoms with Crippen LogP contribution in [0.4, 0.5) is 5.69 Å². The average molecular weight is 389 g/mol. The van der Waals surface area contributed by atoms with Gasteiger partial charge in [0, 0.05) is 44.0 Å². The van der Waals surface area contributed by atoms with Crippen LogP contribution >= 0.6 is 0 Å². The first-order valence-electron chi connectivity index (χ1n) is 10.3. The Morgan fingerprint density at radius 3 is 2.34 bits per heavy atom. The molecule has 4 rings (SSSR count). The predicted octanol–water partition coefficient (Wildman–Crippen LogP) is 3.65. The van der Waals surface area contributed by atoms with Gasteiger partial charge in [-0.05, 0) is 54.2 Å². The molecule has 2 aromatic rings. The fourth-order valence-electron chi connectivity index (χ4n) is 3.86. The van der Waals surface area contributed by atoms with Gasteiger partial charge in [0.15, 0.2) is 0 Å². The third kappa shape index (κ3) is 4.74. The fraction of sp³-hybridized carbons (Fsp3) is 0.333. The van der Waals surface area contributed by atoms with Crippen molar-refractivity contribution in [1.82, 2.24) is 9.80 Å². The van der Waals surface area contributed by atoms with E-state index in [0.717, 1.165) is 49.5 Å². The molecule has 0 spiro atoms. The summed E-state index contributed by atoms with van der Waals surface area (Å²) in [5.41, 5.74) is 3.96. The van der Waals surface area contributed by atoms with Crippen LogP contribution in [0.2, 0.25) is 0 Å². The summed E-state index contributed by atoms with van der Waals surface area (Å²) in [5, 5.41) is 3.03. The second-order valence-corrected chi connectivity index (χ2v) is 7.82. The average Bonchev–Trinajstić information content (AvgIpc) is 3.60. The maximum atomic E-state index is 12.7. The Kier molecular flexibility index (Phi) is 5.76. The quantitative estimate of drug-likeness (QED) is 0.768. The van der Waals surface area contributed by atoms with Crippen LogP contribution in [0.1, 0.15) is 40.2 Å². The lowest BCUT2D eigenvalue weighted by Crippen LogP contribution is -2.47. The van der Waals surface area contributed by atoms with Crippen LogP contribution in [0, 0.1) is 0 Å². The van der Waals surface area contributed by atoms with Crippen LogP contribution < -0.4 is 5.32 Å². The zero-order valence-electron chi connectivity index (χ0n) is 16.6. The summed E-state index contributed by atoms with van der Waals surface area (Å²) in [4.78, 5) is 28.6. The van der Waals surface area contributed by atoms with E-state index in [1.807, 2.05) is 35.2 Å². The largest absolute Gasteiger partial charge is 0.337 e. The normalized spacial score (nSPS) is 17.0. The molecule has 2 aliphatic rings. The molecule has 0 aromatic heterocycles. The van der Waals surface area contributed by atoms with Crippen LogP contribution in [0.5, 0.6) is 0 Å². The molecule has 5 nitrogen and oxygen atoms in total. The van der Waals surface area contributed by atoms with E-state index in [9.17, 15) is 9.59 Å². The van der Waals surface area contributed by atoms with E-state index >= 15 is 0 Å². The number of carbonyl (C=O) groups is 2. The molecular formula is C24H27N3O2. The molecule has 5 heteroatoms. The predicted molar refractivity (Wildman–Crippen MR) is 115 cm³/mol. The van der Waals surface area contributed by atoms with Gasteiger partial charge < -0.3 is 10.2 Å². The van der Waals surface area contributed by atoms with E-state index in [2.05, 4.69) is 35.0 Å². The summed E-state index contributed by atoms with van der Waals surface area (Å²) < 4.78 is 0. The Bertz CT molecular complexity index is 895. The highest BCUT2D eigenvalue weighted by molar-refractivity contribution is 6.05. The van der Waals surface area contributed by atoms with Gasteiger partial charge in [0.1, 0.15) is 0 Å². The maximum absolute atomic E-state index is 12.7. The smallest absolute Gasteiger partial charge is 0.255 e. The molecule has 0 atom stereocenters. The van der Waals surface area contributed by atoms with Crippen molar-refractivity contribution in [3.05, 3.63) is 77.9 Å². The van der Waals surface area contributed by atoms with Crippen molar-refractivity contribution in [3.8, 4) is 0 Å².